The number of hydrogen-bond acceptors (Lipinski definition) is 5. The van der Waals surface area contributed by atoms with Crippen molar-refractivity contribution in [2.24, 2.45) is 39.9 Å². The van der Waals surface area contributed by atoms with Crippen LogP contribution in [0.5, 0.6) is 0 Å². The van der Waals surface area contributed by atoms with Gasteiger partial charge in [0.25, 0.3) is 0 Å². The van der Waals surface area contributed by atoms with E-state index >= 15 is 0 Å². The summed E-state index contributed by atoms with van der Waals surface area (Å²) in [4.78, 5) is 28.6. The highest BCUT2D eigenvalue weighted by atomic mass is 16.6. The summed E-state index contributed by atoms with van der Waals surface area (Å²) in [7, 11) is 2.50. The molecule has 6 fully saturated rings. The summed E-state index contributed by atoms with van der Waals surface area (Å²) in [5, 5.41) is 0. The molecule has 6 heteroatoms. The highest BCUT2D eigenvalue weighted by Crippen LogP contribution is 2.68. The highest BCUT2D eigenvalue weighted by Gasteiger charge is 2.67. The quantitative estimate of drug-likeness (QED) is 0.245. The van der Waals surface area contributed by atoms with Crippen molar-refractivity contribution < 1.29 is 23.5 Å². The van der Waals surface area contributed by atoms with Gasteiger partial charge in [0.1, 0.15) is 12.1 Å². The van der Waals surface area contributed by atoms with Gasteiger partial charge < -0.3 is 14.0 Å². The van der Waals surface area contributed by atoms with Crippen molar-refractivity contribution in [3.05, 3.63) is 0 Å². The van der Waals surface area contributed by atoms with Crippen LogP contribution >= 0.6 is 0 Å². The van der Waals surface area contributed by atoms with E-state index in [1.807, 2.05) is 20.8 Å². The molecule has 0 spiro atoms. The fraction of sp³-hybridized carbons (Fsp3) is 0.947. The number of quaternary nitrogens is 1. The normalized spacial score (nSPS) is 44.4. The number of fused-ring (bicyclic) bond motifs is 5. The Morgan fingerprint density at radius 1 is 0.818 bits per heavy atom. The number of carbonyl (C=O) groups is 2. The lowest BCUT2D eigenvalue weighted by Crippen LogP contribution is -2.61. The second-order valence-corrected chi connectivity index (χ2v) is 18.2. The molecule has 0 aromatic heterocycles. The van der Waals surface area contributed by atoms with E-state index < -0.39 is 5.41 Å². The van der Waals surface area contributed by atoms with Crippen molar-refractivity contribution in [1.82, 2.24) is 4.90 Å². The fourth-order valence-corrected chi connectivity index (χ4v) is 12.0. The Balaban J connectivity index is 1.30. The molecule has 44 heavy (non-hydrogen) atoms. The van der Waals surface area contributed by atoms with Gasteiger partial charge in [-0.15, -0.1) is 0 Å². The van der Waals surface area contributed by atoms with Crippen LogP contribution in [0, 0.1) is 39.9 Å². The first-order valence-corrected chi connectivity index (χ1v) is 18.7. The van der Waals surface area contributed by atoms with Crippen LogP contribution in [-0.4, -0.2) is 78.8 Å². The summed E-state index contributed by atoms with van der Waals surface area (Å²) in [5.41, 5.74) is -0.159. The molecule has 0 aromatic carbocycles. The average molecular weight is 614 g/mol. The zero-order chi connectivity index (χ0) is 31.5. The van der Waals surface area contributed by atoms with E-state index in [2.05, 4.69) is 25.8 Å². The third kappa shape index (κ3) is 5.79. The van der Waals surface area contributed by atoms with Gasteiger partial charge in [-0.3, -0.25) is 14.5 Å². The number of likely N-dealkylation sites (tertiary alicyclic amines) is 2. The van der Waals surface area contributed by atoms with Crippen LogP contribution in [0.2, 0.25) is 0 Å². The zero-order valence-electron chi connectivity index (χ0n) is 29.4. The molecule has 6 rings (SSSR count). The van der Waals surface area contributed by atoms with Gasteiger partial charge in [-0.05, 0) is 140 Å². The molecule has 250 valence electrons. The predicted octanol–water partition coefficient (Wildman–Crippen LogP) is 7.38. The standard InChI is InChI=1S/C38H65N2O4/c1-26(41)43-33-23-27-15-16-28-29(38(27,6)25-31(33)39-19-11-10-12-20-39)17-18-37(5)30(28)24-32(34(37)44-35(42)36(2,3)4)40(7)21-13-8-9-14-22-40/h27-34H,8-25H2,1-7H3/q+1/t27?,28-,29-,30+,31?,32?,33?,34?,37+,38+/m1/s1. The van der Waals surface area contributed by atoms with Crippen LogP contribution in [0.25, 0.3) is 0 Å². The molecule has 4 aliphatic carbocycles. The third-order valence-corrected chi connectivity index (χ3v) is 14.5. The Kier molecular flexibility index (Phi) is 9.05. The first-order chi connectivity index (χ1) is 20.8. The van der Waals surface area contributed by atoms with Gasteiger partial charge in [0.05, 0.1) is 25.6 Å². The molecule has 2 heterocycles. The fourth-order valence-electron chi connectivity index (χ4n) is 12.0. The summed E-state index contributed by atoms with van der Waals surface area (Å²) in [6.45, 7) is 17.6. The van der Waals surface area contributed by atoms with Crippen LogP contribution in [0.15, 0.2) is 0 Å². The predicted molar refractivity (Wildman–Crippen MR) is 175 cm³/mol. The third-order valence-electron chi connectivity index (χ3n) is 14.5. The Bertz CT molecular complexity index is 1060. The topological polar surface area (TPSA) is 55.8 Å². The lowest BCUT2D eigenvalue weighted by Gasteiger charge is -2.62. The Morgan fingerprint density at radius 3 is 2.11 bits per heavy atom. The van der Waals surface area contributed by atoms with Gasteiger partial charge in [-0.2, -0.15) is 0 Å². The molecule has 2 aliphatic heterocycles. The van der Waals surface area contributed by atoms with E-state index in [9.17, 15) is 9.59 Å². The summed E-state index contributed by atoms with van der Waals surface area (Å²) >= 11 is 0. The summed E-state index contributed by atoms with van der Waals surface area (Å²) < 4.78 is 14.0. The number of ether oxygens (including phenoxy) is 2. The number of nitrogens with zero attached hydrogens (tertiary/aromatic N) is 2. The number of likely N-dealkylation sites (N-methyl/N-ethyl adjacent to an activating group) is 1. The van der Waals surface area contributed by atoms with Crippen LogP contribution in [0.3, 0.4) is 0 Å². The van der Waals surface area contributed by atoms with E-state index in [0.29, 0.717) is 35.8 Å². The number of hydrogen-bond donors (Lipinski definition) is 0. The number of carbonyl (C=O) groups excluding carboxylic acids is 2. The van der Waals surface area contributed by atoms with Gasteiger partial charge in [0.15, 0.2) is 6.10 Å². The molecule has 0 amide bonds. The van der Waals surface area contributed by atoms with Gasteiger partial charge in [0.2, 0.25) is 0 Å². The van der Waals surface area contributed by atoms with E-state index in [-0.39, 0.29) is 35.0 Å². The first kappa shape index (κ1) is 32.8. The molecule has 4 saturated carbocycles. The van der Waals surface area contributed by atoms with E-state index in [1.165, 1.54) is 96.6 Å². The van der Waals surface area contributed by atoms with Crippen molar-refractivity contribution in [3.8, 4) is 0 Å². The van der Waals surface area contributed by atoms with Crippen LogP contribution < -0.4 is 0 Å². The molecule has 5 unspecified atom stereocenters. The second kappa shape index (κ2) is 12.1. The average Bonchev–Trinajstić information content (AvgIpc) is 3.09. The maximum absolute atomic E-state index is 13.6. The highest BCUT2D eigenvalue weighted by molar-refractivity contribution is 5.75. The minimum absolute atomic E-state index is 0.00889. The summed E-state index contributed by atoms with van der Waals surface area (Å²) in [5.74, 6) is 2.52. The Hall–Kier alpha value is -1.14. The molecule has 0 bridgehead atoms. The van der Waals surface area contributed by atoms with Crippen molar-refractivity contribution in [2.45, 2.75) is 156 Å². The molecule has 0 radical (unpaired) electrons. The molecule has 2 saturated heterocycles. The lowest BCUT2D eigenvalue weighted by atomic mass is 9.44. The maximum Gasteiger partial charge on any atom is 0.311 e. The minimum atomic E-state index is -0.483. The Morgan fingerprint density at radius 2 is 1.48 bits per heavy atom. The van der Waals surface area contributed by atoms with E-state index in [0.717, 1.165) is 24.0 Å². The number of esters is 2. The maximum atomic E-state index is 13.6. The molecular weight excluding hydrogens is 548 g/mol. The minimum Gasteiger partial charge on any atom is -0.461 e. The molecular formula is C38H65N2O4+. The molecule has 6 nitrogen and oxygen atoms in total. The molecule has 6 aliphatic rings. The van der Waals surface area contributed by atoms with Crippen molar-refractivity contribution in [1.29, 1.82) is 0 Å². The number of piperidine rings is 1. The van der Waals surface area contributed by atoms with Gasteiger partial charge in [-0.25, -0.2) is 0 Å². The summed E-state index contributed by atoms with van der Waals surface area (Å²) in [6, 6.07) is 0.755. The van der Waals surface area contributed by atoms with E-state index in [1.54, 1.807) is 6.92 Å². The van der Waals surface area contributed by atoms with Crippen molar-refractivity contribution >= 4 is 11.9 Å². The molecule has 10 atom stereocenters. The largest absolute Gasteiger partial charge is 0.461 e. The van der Waals surface area contributed by atoms with Crippen LogP contribution in [0.1, 0.15) is 131 Å². The van der Waals surface area contributed by atoms with Crippen LogP contribution in [0.4, 0.5) is 0 Å². The Labute approximate surface area is 268 Å². The molecule has 0 aromatic rings. The summed E-state index contributed by atoms with van der Waals surface area (Å²) in [6.07, 6.45) is 17.5. The van der Waals surface area contributed by atoms with Crippen LogP contribution in [-0.2, 0) is 19.1 Å². The first-order valence-electron chi connectivity index (χ1n) is 18.7. The lowest BCUT2D eigenvalue weighted by molar-refractivity contribution is -0.935. The smallest absolute Gasteiger partial charge is 0.311 e. The van der Waals surface area contributed by atoms with Crippen molar-refractivity contribution in [3.63, 3.8) is 0 Å². The van der Waals surface area contributed by atoms with Gasteiger partial charge >= 0.3 is 11.9 Å². The van der Waals surface area contributed by atoms with Crippen molar-refractivity contribution in [2.75, 3.05) is 33.2 Å². The number of rotatable bonds is 4. The zero-order valence-corrected chi connectivity index (χ0v) is 29.4. The SMILES string of the molecule is CC(=O)OC1CC2CC[C@@H]3[C@@H](CC[C@]4(C)C(OC(=O)C(C)(C)C)C([N+]5(C)CCCCCC5)C[C@@H]34)[C@@]2(C)CC1N1CCCCC1. The van der Waals surface area contributed by atoms with Gasteiger partial charge in [-0.1, -0.05) is 20.3 Å². The van der Waals surface area contributed by atoms with E-state index in [4.69, 9.17) is 9.47 Å². The molecule has 0 N–H and O–H groups in total. The second-order valence-electron chi connectivity index (χ2n) is 18.2. The van der Waals surface area contributed by atoms with Gasteiger partial charge in [0, 0.05) is 24.8 Å². The monoisotopic (exact) mass is 613 g/mol.